The van der Waals surface area contributed by atoms with Crippen molar-refractivity contribution < 1.29 is 17.9 Å². The van der Waals surface area contributed by atoms with Crippen LogP contribution in [0, 0.1) is 0 Å². The van der Waals surface area contributed by atoms with Crippen molar-refractivity contribution in [2.45, 2.75) is 6.18 Å². The monoisotopic (exact) mass is 318 g/mol. The molecule has 0 aromatic carbocycles. The van der Waals surface area contributed by atoms with E-state index >= 15 is 0 Å². The normalized spacial score (nSPS) is 16.7. The Morgan fingerprint density at radius 2 is 2.14 bits per heavy atom. The number of hydrogen-bond acceptors (Lipinski definition) is 5. The van der Waals surface area contributed by atoms with Crippen LogP contribution in [-0.2, 0) is 10.9 Å². The van der Waals surface area contributed by atoms with Gasteiger partial charge in [0, 0.05) is 25.8 Å². The highest BCUT2D eigenvalue weighted by Gasteiger charge is 2.32. The molecule has 1 aromatic rings. The summed E-state index contributed by atoms with van der Waals surface area (Å²) in [5, 5.41) is 2.69. The molecule has 0 radical (unpaired) electrons. The third-order valence-corrected chi connectivity index (χ3v) is 2.95. The van der Waals surface area contributed by atoms with Gasteiger partial charge in [-0.2, -0.15) is 13.2 Å². The van der Waals surface area contributed by atoms with Crippen molar-refractivity contribution in [2.75, 3.05) is 44.7 Å². The molecule has 2 rings (SSSR count). The van der Waals surface area contributed by atoms with Gasteiger partial charge in [0.25, 0.3) is 0 Å². The summed E-state index contributed by atoms with van der Waals surface area (Å²) in [5.41, 5.74) is 4.84. The molecular weight excluding hydrogens is 301 g/mol. The Hall–Kier alpha value is -2.10. The van der Waals surface area contributed by atoms with E-state index in [0.717, 1.165) is 12.3 Å². The Bertz CT molecular complexity index is 516. The van der Waals surface area contributed by atoms with E-state index in [-0.39, 0.29) is 12.5 Å². The number of aromatic nitrogens is 2. The maximum Gasteiger partial charge on any atom is 0.433 e. The summed E-state index contributed by atoms with van der Waals surface area (Å²) in [6.45, 7) is 3.16. The van der Waals surface area contributed by atoms with Gasteiger partial charge in [-0.15, -0.1) is 0 Å². The van der Waals surface area contributed by atoms with Crippen molar-refractivity contribution in [1.82, 2.24) is 14.9 Å². The Morgan fingerprint density at radius 3 is 2.82 bits per heavy atom. The number of nitrogens with one attached hydrogen (secondary N) is 1. The average Bonchev–Trinajstić information content (AvgIpc) is 2.52. The quantitative estimate of drug-likeness (QED) is 0.479. The van der Waals surface area contributed by atoms with Crippen molar-refractivity contribution in [3.63, 3.8) is 0 Å². The van der Waals surface area contributed by atoms with E-state index < -0.39 is 11.9 Å². The number of nitrogens with two attached hydrogens (primary N) is 1. The van der Waals surface area contributed by atoms with Gasteiger partial charge in [0.1, 0.15) is 5.69 Å². The van der Waals surface area contributed by atoms with E-state index in [9.17, 15) is 13.2 Å². The van der Waals surface area contributed by atoms with Crippen LogP contribution in [0.1, 0.15) is 5.69 Å². The number of guanidine groups is 1. The smallest absolute Gasteiger partial charge is 0.378 e. The number of nitrogens with zero attached hydrogens (tertiary/aromatic N) is 4. The summed E-state index contributed by atoms with van der Waals surface area (Å²) in [6.07, 6.45) is -3.43. The van der Waals surface area contributed by atoms with Crippen LogP contribution in [0.5, 0.6) is 0 Å². The predicted octanol–water partition coefficient (Wildman–Crippen LogP) is 0.554. The molecule has 0 spiro atoms. The maximum atomic E-state index is 12.5. The number of anilines is 1. The fourth-order valence-electron chi connectivity index (χ4n) is 1.83. The first-order valence-electron chi connectivity index (χ1n) is 6.73. The third kappa shape index (κ3) is 4.72. The van der Waals surface area contributed by atoms with E-state index in [1.165, 1.54) is 0 Å². The second-order valence-electron chi connectivity index (χ2n) is 4.53. The second-order valence-corrected chi connectivity index (χ2v) is 4.53. The van der Waals surface area contributed by atoms with Gasteiger partial charge in [-0.3, -0.25) is 4.99 Å². The summed E-state index contributed by atoms with van der Waals surface area (Å²) in [6, 6.07) is 0.819. The summed E-state index contributed by atoms with van der Waals surface area (Å²) in [7, 11) is 0. The van der Waals surface area contributed by atoms with E-state index in [2.05, 4.69) is 20.3 Å². The molecule has 1 saturated heterocycles. The highest BCUT2D eigenvalue weighted by molar-refractivity contribution is 5.78. The zero-order valence-electron chi connectivity index (χ0n) is 11.8. The summed E-state index contributed by atoms with van der Waals surface area (Å²) in [4.78, 5) is 13.2. The van der Waals surface area contributed by atoms with Crippen molar-refractivity contribution in [2.24, 2.45) is 10.7 Å². The van der Waals surface area contributed by atoms with Crippen LogP contribution in [0.2, 0.25) is 0 Å². The lowest BCUT2D eigenvalue weighted by molar-refractivity contribution is -0.141. The molecule has 7 nitrogen and oxygen atoms in total. The molecule has 122 valence electrons. The molecule has 2 heterocycles. The molecule has 0 bridgehead atoms. The van der Waals surface area contributed by atoms with Crippen molar-refractivity contribution in [3.8, 4) is 0 Å². The summed E-state index contributed by atoms with van der Waals surface area (Å²) in [5.74, 6) is 0.310. The van der Waals surface area contributed by atoms with Gasteiger partial charge in [0.15, 0.2) is 5.96 Å². The Balaban J connectivity index is 1.81. The first-order valence-corrected chi connectivity index (χ1v) is 6.73. The number of hydrogen-bond donors (Lipinski definition) is 2. The number of morpholine rings is 1. The molecule has 3 N–H and O–H groups in total. The van der Waals surface area contributed by atoms with Crippen LogP contribution in [-0.4, -0.2) is 60.2 Å². The molecule has 0 amide bonds. The molecule has 1 fully saturated rings. The van der Waals surface area contributed by atoms with Gasteiger partial charge >= 0.3 is 6.18 Å². The van der Waals surface area contributed by atoms with Crippen molar-refractivity contribution in [1.29, 1.82) is 0 Å². The molecule has 1 aliphatic rings. The number of aliphatic imine (C=N–C) groups is 1. The minimum atomic E-state index is -4.49. The third-order valence-electron chi connectivity index (χ3n) is 2.95. The average molecular weight is 318 g/mol. The largest absolute Gasteiger partial charge is 0.433 e. The topological polar surface area (TPSA) is 88.7 Å². The Morgan fingerprint density at radius 1 is 1.41 bits per heavy atom. The summed E-state index contributed by atoms with van der Waals surface area (Å²) < 4.78 is 42.7. The zero-order valence-corrected chi connectivity index (χ0v) is 11.8. The standard InChI is InChI=1S/C12H17F3N6O/c13-12(14,15)9-1-2-18-11(20-9)19-4-3-17-10(16)21-5-7-22-8-6-21/h1-2H,3-8H2,(H2,16,17)(H,18,19,20). The highest BCUT2D eigenvalue weighted by Crippen LogP contribution is 2.27. The second kappa shape index (κ2) is 7.25. The van der Waals surface area contributed by atoms with E-state index in [4.69, 9.17) is 10.5 Å². The van der Waals surface area contributed by atoms with Gasteiger partial charge in [0.2, 0.25) is 5.95 Å². The molecular formula is C12H17F3N6O. The van der Waals surface area contributed by atoms with Crippen LogP contribution in [0.4, 0.5) is 19.1 Å². The van der Waals surface area contributed by atoms with E-state index in [1.807, 2.05) is 4.90 Å². The predicted molar refractivity (Wildman–Crippen MR) is 74.4 cm³/mol. The number of ether oxygens (including phenoxy) is 1. The molecule has 1 aliphatic heterocycles. The van der Waals surface area contributed by atoms with Crippen LogP contribution in [0.25, 0.3) is 0 Å². The fourth-order valence-corrected chi connectivity index (χ4v) is 1.83. The van der Waals surface area contributed by atoms with Crippen LogP contribution >= 0.6 is 0 Å². The molecule has 1 aromatic heterocycles. The van der Waals surface area contributed by atoms with Gasteiger partial charge in [0.05, 0.1) is 19.8 Å². The molecule has 0 saturated carbocycles. The summed E-state index contributed by atoms with van der Waals surface area (Å²) >= 11 is 0. The molecule has 0 atom stereocenters. The minimum Gasteiger partial charge on any atom is -0.378 e. The van der Waals surface area contributed by atoms with E-state index in [0.29, 0.717) is 38.8 Å². The van der Waals surface area contributed by atoms with Crippen LogP contribution < -0.4 is 11.1 Å². The Kier molecular flexibility index (Phi) is 5.36. The van der Waals surface area contributed by atoms with Crippen LogP contribution in [0.3, 0.4) is 0 Å². The fraction of sp³-hybridized carbons (Fsp3) is 0.583. The Labute approximate surface area is 125 Å². The van der Waals surface area contributed by atoms with Crippen LogP contribution in [0.15, 0.2) is 17.3 Å². The minimum absolute atomic E-state index is 0.0880. The zero-order chi connectivity index (χ0) is 16.0. The van der Waals surface area contributed by atoms with Gasteiger partial charge in [-0.05, 0) is 6.07 Å². The molecule has 0 aliphatic carbocycles. The van der Waals surface area contributed by atoms with Gasteiger partial charge in [-0.25, -0.2) is 9.97 Å². The molecule has 10 heteroatoms. The lowest BCUT2D eigenvalue weighted by Gasteiger charge is -2.27. The van der Waals surface area contributed by atoms with Gasteiger partial charge in [-0.1, -0.05) is 0 Å². The lowest BCUT2D eigenvalue weighted by Crippen LogP contribution is -2.45. The molecule has 22 heavy (non-hydrogen) atoms. The first kappa shape index (κ1) is 16.3. The SMILES string of the molecule is NC(=NCCNc1nccc(C(F)(F)F)n1)N1CCOCC1. The van der Waals surface area contributed by atoms with Crippen molar-refractivity contribution >= 4 is 11.9 Å². The highest BCUT2D eigenvalue weighted by atomic mass is 19.4. The lowest BCUT2D eigenvalue weighted by atomic mass is 10.4. The van der Waals surface area contributed by atoms with Crippen molar-refractivity contribution in [3.05, 3.63) is 18.0 Å². The first-order chi connectivity index (χ1) is 10.5. The number of rotatable bonds is 4. The van der Waals surface area contributed by atoms with Gasteiger partial charge < -0.3 is 20.7 Å². The van der Waals surface area contributed by atoms with E-state index in [1.54, 1.807) is 0 Å². The maximum absolute atomic E-state index is 12.5. The number of alkyl halides is 3. The molecule has 0 unspecified atom stereocenters. The number of halogens is 3.